The predicted octanol–water partition coefficient (Wildman–Crippen LogP) is 3.18. The van der Waals surface area contributed by atoms with Gasteiger partial charge in [-0.1, -0.05) is 32.0 Å². The SMILES string of the molecule is COc1ccc(NC(=O)[C@@H](CC(C)C)NC(=O)c2ccccc2C)cn1. The van der Waals surface area contributed by atoms with Crippen LogP contribution in [0.3, 0.4) is 0 Å². The van der Waals surface area contributed by atoms with Gasteiger partial charge in [-0.15, -0.1) is 0 Å². The minimum atomic E-state index is -0.635. The molecule has 0 unspecified atom stereocenters. The molecule has 1 aromatic carbocycles. The second-order valence-corrected chi connectivity index (χ2v) is 6.55. The van der Waals surface area contributed by atoms with Crippen LogP contribution in [0.5, 0.6) is 5.88 Å². The van der Waals surface area contributed by atoms with Crippen LogP contribution in [0.1, 0.15) is 36.2 Å². The van der Waals surface area contributed by atoms with Gasteiger partial charge < -0.3 is 15.4 Å². The number of nitrogens with zero attached hydrogens (tertiary/aromatic N) is 1. The number of carbonyl (C=O) groups excluding carboxylic acids is 2. The van der Waals surface area contributed by atoms with Gasteiger partial charge in [-0.05, 0) is 37.0 Å². The van der Waals surface area contributed by atoms with Crippen LogP contribution in [0.2, 0.25) is 0 Å². The number of nitrogens with one attached hydrogen (secondary N) is 2. The Morgan fingerprint density at radius 3 is 2.46 bits per heavy atom. The highest BCUT2D eigenvalue weighted by molar-refractivity contribution is 6.01. The van der Waals surface area contributed by atoms with E-state index in [1.54, 1.807) is 18.2 Å². The van der Waals surface area contributed by atoms with E-state index in [-0.39, 0.29) is 17.7 Å². The first-order chi connectivity index (χ1) is 12.4. The number of amides is 2. The van der Waals surface area contributed by atoms with E-state index < -0.39 is 6.04 Å². The Morgan fingerprint density at radius 2 is 1.88 bits per heavy atom. The molecule has 0 bridgehead atoms. The molecule has 138 valence electrons. The second-order valence-electron chi connectivity index (χ2n) is 6.55. The van der Waals surface area contributed by atoms with Gasteiger partial charge in [-0.3, -0.25) is 9.59 Å². The molecule has 0 saturated carbocycles. The number of benzene rings is 1. The molecular weight excluding hydrogens is 330 g/mol. The molecule has 0 aliphatic rings. The van der Waals surface area contributed by atoms with Crippen LogP contribution in [0.4, 0.5) is 5.69 Å². The first kappa shape index (κ1) is 19.4. The van der Waals surface area contributed by atoms with Crippen molar-refractivity contribution in [1.29, 1.82) is 0 Å². The highest BCUT2D eigenvalue weighted by Gasteiger charge is 2.23. The Morgan fingerprint density at radius 1 is 1.15 bits per heavy atom. The van der Waals surface area contributed by atoms with Crippen molar-refractivity contribution < 1.29 is 14.3 Å². The zero-order valence-electron chi connectivity index (χ0n) is 15.6. The lowest BCUT2D eigenvalue weighted by atomic mass is 10.0. The number of pyridine rings is 1. The second kappa shape index (κ2) is 8.99. The zero-order chi connectivity index (χ0) is 19.1. The number of methoxy groups -OCH3 is 1. The fourth-order valence-electron chi connectivity index (χ4n) is 2.57. The number of rotatable bonds is 7. The lowest BCUT2D eigenvalue weighted by Crippen LogP contribution is -2.44. The Bertz CT molecular complexity index is 757. The van der Waals surface area contributed by atoms with Gasteiger partial charge in [0, 0.05) is 11.6 Å². The number of carbonyl (C=O) groups is 2. The molecule has 2 aromatic rings. The van der Waals surface area contributed by atoms with Gasteiger partial charge in [0.1, 0.15) is 6.04 Å². The molecular formula is C20H25N3O3. The van der Waals surface area contributed by atoms with Crippen molar-refractivity contribution in [3.05, 3.63) is 53.7 Å². The van der Waals surface area contributed by atoms with Gasteiger partial charge in [0.05, 0.1) is 19.0 Å². The fraction of sp³-hybridized carbons (Fsp3) is 0.350. The molecule has 0 aliphatic heterocycles. The van der Waals surface area contributed by atoms with Gasteiger partial charge in [-0.25, -0.2) is 4.98 Å². The number of anilines is 1. The first-order valence-corrected chi connectivity index (χ1v) is 8.58. The van der Waals surface area contributed by atoms with Crippen LogP contribution in [0.25, 0.3) is 0 Å². The smallest absolute Gasteiger partial charge is 0.252 e. The summed E-state index contributed by atoms with van der Waals surface area (Å²) in [4.78, 5) is 29.3. The van der Waals surface area contributed by atoms with E-state index in [1.165, 1.54) is 13.3 Å². The summed E-state index contributed by atoms with van der Waals surface area (Å²) in [6, 6.07) is 10.0. The third-order valence-electron chi connectivity index (χ3n) is 3.93. The summed E-state index contributed by atoms with van der Waals surface area (Å²) in [5.74, 6) is 0.191. The van der Waals surface area contributed by atoms with Crippen molar-refractivity contribution in [3.63, 3.8) is 0 Å². The van der Waals surface area contributed by atoms with Crippen LogP contribution in [-0.2, 0) is 4.79 Å². The van der Waals surface area contributed by atoms with E-state index in [4.69, 9.17) is 4.74 Å². The van der Waals surface area contributed by atoms with Crippen molar-refractivity contribution in [2.75, 3.05) is 12.4 Å². The van der Waals surface area contributed by atoms with E-state index in [1.807, 2.05) is 39.0 Å². The molecule has 26 heavy (non-hydrogen) atoms. The van der Waals surface area contributed by atoms with Crippen LogP contribution in [0, 0.1) is 12.8 Å². The molecule has 0 saturated heterocycles. The number of aromatic nitrogens is 1. The molecule has 6 nitrogen and oxygen atoms in total. The van der Waals surface area contributed by atoms with E-state index in [0.717, 1.165) is 5.56 Å². The molecule has 2 N–H and O–H groups in total. The lowest BCUT2D eigenvalue weighted by Gasteiger charge is -2.20. The number of hydrogen-bond acceptors (Lipinski definition) is 4. The Kier molecular flexibility index (Phi) is 6.72. The summed E-state index contributed by atoms with van der Waals surface area (Å²) in [7, 11) is 1.53. The van der Waals surface area contributed by atoms with Crippen molar-refractivity contribution >= 4 is 17.5 Å². The lowest BCUT2D eigenvalue weighted by molar-refractivity contribution is -0.118. The predicted molar refractivity (Wildman–Crippen MR) is 101 cm³/mol. The molecule has 2 amide bonds. The van der Waals surface area contributed by atoms with Gasteiger partial charge in [0.25, 0.3) is 5.91 Å². The Hall–Kier alpha value is -2.89. The highest BCUT2D eigenvalue weighted by Crippen LogP contribution is 2.14. The molecule has 0 radical (unpaired) electrons. The largest absolute Gasteiger partial charge is 0.481 e. The Labute approximate surface area is 154 Å². The molecule has 2 rings (SSSR count). The average molecular weight is 355 g/mol. The first-order valence-electron chi connectivity index (χ1n) is 8.58. The van der Waals surface area contributed by atoms with Crippen molar-refractivity contribution in [3.8, 4) is 5.88 Å². The maximum Gasteiger partial charge on any atom is 0.252 e. The molecule has 6 heteroatoms. The minimum absolute atomic E-state index is 0.247. The van der Waals surface area contributed by atoms with Crippen LogP contribution in [0.15, 0.2) is 42.6 Å². The molecule has 1 aromatic heterocycles. The van der Waals surface area contributed by atoms with Gasteiger partial charge in [0.15, 0.2) is 0 Å². The van der Waals surface area contributed by atoms with E-state index >= 15 is 0 Å². The third-order valence-corrected chi connectivity index (χ3v) is 3.93. The van der Waals surface area contributed by atoms with E-state index in [0.29, 0.717) is 23.6 Å². The summed E-state index contributed by atoms with van der Waals surface area (Å²) in [5.41, 5.74) is 1.99. The average Bonchev–Trinajstić information content (AvgIpc) is 2.61. The van der Waals surface area contributed by atoms with Crippen LogP contribution in [-0.4, -0.2) is 29.9 Å². The van der Waals surface area contributed by atoms with Gasteiger partial charge >= 0.3 is 0 Å². The Balaban J connectivity index is 2.11. The van der Waals surface area contributed by atoms with Crippen LogP contribution < -0.4 is 15.4 Å². The molecule has 1 heterocycles. The zero-order valence-corrected chi connectivity index (χ0v) is 15.6. The topological polar surface area (TPSA) is 80.3 Å². The monoisotopic (exact) mass is 355 g/mol. The third kappa shape index (κ3) is 5.31. The highest BCUT2D eigenvalue weighted by atomic mass is 16.5. The number of aryl methyl sites for hydroxylation is 1. The summed E-state index contributed by atoms with van der Waals surface area (Å²) in [5, 5.41) is 5.65. The van der Waals surface area contributed by atoms with Crippen molar-refractivity contribution in [1.82, 2.24) is 10.3 Å². The van der Waals surface area contributed by atoms with E-state index in [9.17, 15) is 9.59 Å². The standard InChI is InChI=1S/C20H25N3O3/c1-13(2)11-17(23-19(24)16-8-6-5-7-14(16)3)20(25)22-15-9-10-18(26-4)21-12-15/h5-10,12-13,17H,11H2,1-4H3,(H,22,25)(H,23,24)/t17-/m1/s1. The fourth-order valence-corrected chi connectivity index (χ4v) is 2.57. The maximum absolute atomic E-state index is 12.7. The quantitative estimate of drug-likeness (QED) is 0.799. The molecule has 1 atom stereocenters. The summed E-state index contributed by atoms with van der Waals surface area (Å²) >= 11 is 0. The van der Waals surface area contributed by atoms with Crippen molar-refractivity contribution in [2.24, 2.45) is 5.92 Å². The van der Waals surface area contributed by atoms with E-state index in [2.05, 4.69) is 15.6 Å². The van der Waals surface area contributed by atoms with Gasteiger partial charge in [0.2, 0.25) is 11.8 Å². The molecule has 0 spiro atoms. The summed E-state index contributed by atoms with van der Waals surface area (Å²) < 4.78 is 5.01. The summed E-state index contributed by atoms with van der Waals surface area (Å²) in [6.45, 7) is 5.89. The normalized spacial score (nSPS) is 11.7. The number of ether oxygens (including phenoxy) is 1. The van der Waals surface area contributed by atoms with Gasteiger partial charge in [-0.2, -0.15) is 0 Å². The molecule has 0 aliphatic carbocycles. The maximum atomic E-state index is 12.7. The molecule has 0 fully saturated rings. The number of hydrogen-bond donors (Lipinski definition) is 2. The minimum Gasteiger partial charge on any atom is -0.481 e. The van der Waals surface area contributed by atoms with Crippen LogP contribution >= 0.6 is 0 Å². The van der Waals surface area contributed by atoms with Crippen molar-refractivity contribution in [2.45, 2.75) is 33.2 Å². The summed E-state index contributed by atoms with van der Waals surface area (Å²) in [6.07, 6.45) is 2.05.